The average molecular weight is 337 g/mol. The number of hydrogen-bond acceptors (Lipinski definition) is 5. The van der Waals surface area contributed by atoms with Crippen LogP contribution in [0.1, 0.15) is 34.8 Å². The molecule has 0 unspecified atom stereocenters. The molecule has 1 N–H and O–H groups in total. The summed E-state index contributed by atoms with van der Waals surface area (Å²) in [6, 6.07) is 10.4. The van der Waals surface area contributed by atoms with Gasteiger partial charge in [-0.2, -0.15) is 0 Å². The Hall–Kier alpha value is -2.47. The van der Waals surface area contributed by atoms with E-state index in [0.717, 1.165) is 25.6 Å². The predicted octanol–water partition coefficient (Wildman–Crippen LogP) is 1.86. The van der Waals surface area contributed by atoms with Gasteiger partial charge >= 0.3 is 0 Å². The third kappa shape index (κ3) is 3.49. The zero-order chi connectivity index (χ0) is 17.1. The Kier molecular flexibility index (Phi) is 4.61. The van der Waals surface area contributed by atoms with Gasteiger partial charge in [-0.25, -0.2) is 9.97 Å². The van der Waals surface area contributed by atoms with Crippen LogP contribution in [0.15, 0.2) is 42.7 Å². The number of anilines is 1. The number of benzene rings is 1. The van der Waals surface area contributed by atoms with E-state index in [9.17, 15) is 4.79 Å². The Morgan fingerprint density at radius 3 is 2.48 bits per heavy atom. The highest BCUT2D eigenvalue weighted by atomic mass is 16.2. The first-order valence-corrected chi connectivity index (χ1v) is 8.96. The van der Waals surface area contributed by atoms with Gasteiger partial charge in [0.05, 0.1) is 5.56 Å². The first-order valence-electron chi connectivity index (χ1n) is 8.96. The van der Waals surface area contributed by atoms with Gasteiger partial charge in [0.15, 0.2) is 0 Å². The van der Waals surface area contributed by atoms with Crippen LogP contribution < -0.4 is 10.2 Å². The second kappa shape index (κ2) is 7.19. The van der Waals surface area contributed by atoms with E-state index in [1.807, 2.05) is 23.1 Å². The largest absolute Gasteiger partial charge is 0.341 e. The smallest absolute Gasteiger partial charge is 0.257 e. The number of amides is 1. The van der Waals surface area contributed by atoms with Gasteiger partial charge in [-0.1, -0.05) is 30.3 Å². The van der Waals surface area contributed by atoms with Crippen LogP contribution >= 0.6 is 0 Å². The standard InChI is InChI=1S/C19H23N5O/c25-18(16-12-21-19(22-13-16)23-9-4-5-10-23)24-11-8-20-17(14-24)15-6-2-1-3-7-15/h1-3,6-7,12-13,17,20H,4-5,8-11,14H2/t17-/m0/s1. The summed E-state index contributed by atoms with van der Waals surface area (Å²) in [5, 5.41) is 3.49. The molecule has 4 rings (SSSR count). The highest BCUT2D eigenvalue weighted by Gasteiger charge is 2.25. The van der Waals surface area contributed by atoms with Crippen molar-refractivity contribution in [3.63, 3.8) is 0 Å². The summed E-state index contributed by atoms with van der Waals surface area (Å²) < 4.78 is 0. The van der Waals surface area contributed by atoms with E-state index in [4.69, 9.17) is 0 Å². The van der Waals surface area contributed by atoms with Crippen molar-refractivity contribution in [2.75, 3.05) is 37.6 Å². The zero-order valence-corrected chi connectivity index (χ0v) is 14.3. The maximum atomic E-state index is 12.8. The van der Waals surface area contributed by atoms with Crippen molar-refractivity contribution in [2.45, 2.75) is 18.9 Å². The second-order valence-electron chi connectivity index (χ2n) is 6.63. The van der Waals surface area contributed by atoms with Gasteiger partial charge in [0.2, 0.25) is 5.95 Å². The molecule has 0 radical (unpaired) electrons. The molecule has 2 aliphatic heterocycles. The van der Waals surface area contributed by atoms with Crippen LogP contribution in [-0.2, 0) is 0 Å². The summed E-state index contributed by atoms with van der Waals surface area (Å²) in [6.45, 7) is 4.17. The van der Waals surface area contributed by atoms with E-state index >= 15 is 0 Å². The molecule has 0 spiro atoms. The summed E-state index contributed by atoms with van der Waals surface area (Å²) in [7, 11) is 0. The Balaban J connectivity index is 1.44. The van der Waals surface area contributed by atoms with Crippen molar-refractivity contribution in [3.05, 3.63) is 53.9 Å². The van der Waals surface area contributed by atoms with Crippen LogP contribution in [0.3, 0.4) is 0 Å². The lowest BCUT2D eigenvalue weighted by atomic mass is 10.0. The summed E-state index contributed by atoms with van der Waals surface area (Å²) in [5.41, 5.74) is 1.78. The molecule has 2 aliphatic rings. The number of carbonyl (C=O) groups excluding carboxylic acids is 1. The van der Waals surface area contributed by atoms with Crippen molar-refractivity contribution in [3.8, 4) is 0 Å². The summed E-state index contributed by atoms with van der Waals surface area (Å²) in [6.07, 6.45) is 5.71. The number of nitrogens with zero attached hydrogens (tertiary/aromatic N) is 4. The first-order chi connectivity index (χ1) is 12.3. The van der Waals surface area contributed by atoms with E-state index in [1.165, 1.54) is 18.4 Å². The van der Waals surface area contributed by atoms with Crippen LogP contribution in [0.5, 0.6) is 0 Å². The van der Waals surface area contributed by atoms with Gasteiger partial charge in [0, 0.05) is 51.2 Å². The Labute approximate surface area is 147 Å². The van der Waals surface area contributed by atoms with E-state index in [0.29, 0.717) is 18.7 Å². The summed E-state index contributed by atoms with van der Waals surface area (Å²) in [5.74, 6) is 0.743. The fourth-order valence-corrected chi connectivity index (χ4v) is 3.54. The quantitative estimate of drug-likeness (QED) is 0.926. The molecule has 130 valence electrons. The van der Waals surface area contributed by atoms with Crippen LogP contribution in [0.2, 0.25) is 0 Å². The predicted molar refractivity (Wildman–Crippen MR) is 96.6 cm³/mol. The van der Waals surface area contributed by atoms with Crippen molar-refractivity contribution >= 4 is 11.9 Å². The van der Waals surface area contributed by atoms with E-state index < -0.39 is 0 Å². The number of rotatable bonds is 3. The Morgan fingerprint density at radius 1 is 1.04 bits per heavy atom. The highest BCUT2D eigenvalue weighted by Crippen LogP contribution is 2.19. The van der Waals surface area contributed by atoms with E-state index in [-0.39, 0.29) is 11.9 Å². The molecule has 25 heavy (non-hydrogen) atoms. The number of piperazine rings is 1. The molecule has 6 nitrogen and oxygen atoms in total. The SMILES string of the molecule is O=C(c1cnc(N2CCCC2)nc1)N1CCN[C@H](c2ccccc2)C1. The van der Waals surface area contributed by atoms with Gasteiger partial charge in [0.25, 0.3) is 5.91 Å². The maximum Gasteiger partial charge on any atom is 0.257 e. The molecule has 6 heteroatoms. The normalized spacial score (nSPS) is 20.7. The van der Waals surface area contributed by atoms with Gasteiger partial charge in [-0.05, 0) is 18.4 Å². The molecule has 2 fully saturated rings. The molecule has 2 aromatic rings. The third-order valence-electron chi connectivity index (χ3n) is 4.94. The minimum absolute atomic E-state index is 0.00963. The molecule has 2 saturated heterocycles. The Bertz CT molecular complexity index is 712. The van der Waals surface area contributed by atoms with Crippen LogP contribution in [0.25, 0.3) is 0 Å². The molecule has 0 bridgehead atoms. The van der Waals surface area contributed by atoms with Crippen molar-refractivity contribution < 1.29 is 4.79 Å². The number of aromatic nitrogens is 2. The molecule has 0 aliphatic carbocycles. The van der Waals surface area contributed by atoms with Crippen LogP contribution in [0, 0.1) is 0 Å². The molecule has 1 aromatic heterocycles. The molecular formula is C19H23N5O. The topological polar surface area (TPSA) is 61.4 Å². The Morgan fingerprint density at radius 2 is 1.76 bits per heavy atom. The van der Waals surface area contributed by atoms with Gasteiger partial charge < -0.3 is 15.1 Å². The molecule has 3 heterocycles. The van der Waals surface area contributed by atoms with Crippen molar-refractivity contribution in [1.82, 2.24) is 20.2 Å². The average Bonchev–Trinajstić information content (AvgIpc) is 3.23. The highest BCUT2D eigenvalue weighted by molar-refractivity contribution is 5.93. The van der Waals surface area contributed by atoms with Crippen molar-refractivity contribution in [2.24, 2.45) is 0 Å². The fourth-order valence-electron chi connectivity index (χ4n) is 3.54. The van der Waals surface area contributed by atoms with Crippen LogP contribution in [0.4, 0.5) is 5.95 Å². The lowest BCUT2D eigenvalue weighted by Crippen LogP contribution is -2.48. The number of hydrogen-bond donors (Lipinski definition) is 1. The summed E-state index contributed by atoms with van der Waals surface area (Å²) in [4.78, 5) is 25.7. The van der Waals surface area contributed by atoms with Gasteiger partial charge in [0.1, 0.15) is 0 Å². The van der Waals surface area contributed by atoms with Crippen LogP contribution in [-0.4, -0.2) is 53.5 Å². The number of nitrogens with one attached hydrogen (secondary N) is 1. The minimum atomic E-state index is 0.00963. The van der Waals surface area contributed by atoms with E-state index in [2.05, 4.69) is 32.3 Å². The van der Waals surface area contributed by atoms with Crippen molar-refractivity contribution in [1.29, 1.82) is 0 Å². The van der Waals surface area contributed by atoms with Gasteiger partial charge in [-0.3, -0.25) is 4.79 Å². The summed E-state index contributed by atoms with van der Waals surface area (Å²) >= 11 is 0. The monoisotopic (exact) mass is 337 g/mol. The van der Waals surface area contributed by atoms with Gasteiger partial charge in [-0.15, -0.1) is 0 Å². The minimum Gasteiger partial charge on any atom is -0.341 e. The molecule has 1 amide bonds. The lowest BCUT2D eigenvalue weighted by Gasteiger charge is -2.34. The molecule has 0 saturated carbocycles. The first kappa shape index (κ1) is 16.0. The maximum absolute atomic E-state index is 12.8. The molecule has 1 atom stereocenters. The second-order valence-corrected chi connectivity index (χ2v) is 6.63. The lowest BCUT2D eigenvalue weighted by molar-refractivity contribution is 0.0702. The van der Waals surface area contributed by atoms with E-state index in [1.54, 1.807) is 12.4 Å². The molecule has 1 aromatic carbocycles. The number of carbonyl (C=O) groups is 1. The zero-order valence-electron chi connectivity index (χ0n) is 14.3. The third-order valence-corrected chi connectivity index (χ3v) is 4.94. The fraction of sp³-hybridized carbons (Fsp3) is 0.421. The molecular weight excluding hydrogens is 314 g/mol.